The highest BCUT2D eigenvalue weighted by Crippen LogP contribution is 2.38. The van der Waals surface area contributed by atoms with Crippen LogP contribution < -0.4 is 9.47 Å². The Bertz CT molecular complexity index is 898. The van der Waals surface area contributed by atoms with E-state index in [1.165, 1.54) is 4.90 Å². The lowest BCUT2D eigenvalue weighted by Gasteiger charge is -2.12. The van der Waals surface area contributed by atoms with Gasteiger partial charge in [0.2, 0.25) is 0 Å². The van der Waals surface area contributed by atoms with Gasteiger partial charge in [0.05, 0.1) is 25.2 Å². The fourth-order valence-corrected chi connectivity index (χ4v) is 3.90. The van der Waals surface area contributed by atoms with Crippen LogP contribution in [0, 0.1) is 0 Å². The van der Waals surface area contributed by atoms with Gasteiger partial charge in [0.25, 0.3) is 11.1 Å². The molecule has 5 nitrogen and oxygen atoms in total. The van der Waals surface area contributed by atoms with Crippen molar-refractivity contribution < 1.29 is 19.1 Å². The number of amides is 2. The van der Waals surface area contributed by atoms with Gasteiger partial charge in [-0.3, -0.25) is 14.5 Å². The second kappa shape index (κ2) is 8.63. The molecule has 2 aromatic carbocycles. The fourth-order valence-electron chi connectivity index (χ4n) is 2.63. The van der Waals surface area contributed by atoms with Gasteiger partial charge in [-0.1, -0.05) is 46.3 Å². The number of rotatable bonds is 6. The van der Waals surface area contributed by atoms with Crippen molar-refractivity contribution in [1.29, 1.82) is 0 Å². The van der Waals surface area contributed by atoms with Crippen LogP contribution in [0.5, 0.6) is 11.5 Å². The third kappa shape index (κ3) is 4.36. The molecular weight excluding hydrogens is 430 g/mol. The van der Waals surface area contributed by atoms with Crippen LogP contribution in [0.15, 0.2) is 51.8 Å². The second-order valence-corrected chi connectivity index (χ2v) is 7.56. The Balaban J connectivity index is 1.87. The molecule has 3 rings (SSSR count). The van der Waals surface area contributed by atoms with Gasteiger partial charge in [0.1, 0.15) is 0 Å². The predicted molar refractivity (Wildman–Crippen MR) is 110 cm³/mol. The maximum Gasteiger partial charge on any atom is 0.293 e. The number of benzene rings is 2. The van der Waals surface area contributed by atoms with E-state index in [2.05, 4.69) is 15.9 Å². The number of carbonyl (C=O) groups excluding carboxylic acids is 2. The summed E-state index contributed by atoms with van der Waals surface area (Å²) in [7, 11) is 1.56. The topological polar surface area (TPSA) is 55.8 Å². The number of ether oxygens (including phenoxy) is 2. The molecule has 0 atom stereocenters. The highest BCUT2D eigenvalue weighted by molar-refractivity contribution is 9.10. The maximum absolute atomic E-state index is 12.7. The normalized spacial score (nSPS) is 15.5. The van der Waals surface area contributed by atoms with Crippen molar-refractivity contribution in [3.63, 3.8) is 0 Å². The number of imide groups is 1. The molecule has 1 aliphatic heterocycles. The minimum absolute atomic E-state index is 0.261. The molecule has 1 saturated heterocycles. The monoisotopic (exact) mass is 447 g/mol. The van der Waals surface area contributed by atoms with Crippen molar-refractivity contribution in [2.75, 3.05) is 13.7 Å². The number of halogens is 1. The Morgan fingerprint density at radius 1 is 1.15 bits per heavy atom. The number of hydrogen-bond donors (Lipinski definition) is 0. The third-order valence-corrected chi connectivity index (χ3v) is 5.52. The largest absolute Gasteiger partial charge is 0.493 e. The molecule has 0 radical (unpaired) electrons. The standard InChI is InChI=1S/C20H18BrNO4S/c1-3-26-17-11-15(21)14(9-16(17)25-2)10-18-19(23)22(20(24)27-18)12-13-7-5-4-6-8-13/h4-11H,3,12H2,1-2H3. The molecule has 27 heavy (non-hydrogen) atoms. The molecule has 140 valence electrons. The first-order valence-electron chi connectivity index (χ1n) is 8.33. The molecular formula is C20H18BrNO4S. The van der Waals surface area contributed by atoms with E-state index in [9.17, 15) is 9.59 Å². The Hall–Kier alpha value is -2.25. The summed E-state index contributed by atoms with van der Waals surface area (Å²) in [5.41, 5.74) is 1.64. The van der Waals surface area contributed by atoms with Crippen molar-refractivity contribution in [3.05, 3.63) is 63.0 Å². The quantitative estimate of drug-likeness (QED) is 0.576. The highest BCUT2D eigenvalue weighted by Gasteiger charge is 2.35. The van der Waals surface area contributed by atoms with E-state index in [1.54, 1.807) is 25.3 Å². The summed E-state index contributed by atoms with van der Waals surface area (Å²) in [6.07, 6.45) is 1.69. The summed E-state index contributed by atoms with van der Waals surface area (Å²) in [5.74, 6) is 0.879. The van der Waals surface area contributed by atoms with Crippen molar-refractivity contribution in [1.82, 2.24) is 4.90 Å². The van der Waals surface area contributed by atoms with Crippen molar-refractivity contribution in [3.8, 4) is 11.5 Å². The summed E-state index contributed by atoms with van der Waals surface area (Å²) < 4.78 is 11.7. The summed E-state index contributed by atoms with van der Waals surface area (Å²) in [5, 5.41) is -0.274. The minimum atomic E-state index is -0.298. The molecule has 0 spiro atoms. The van der Waals surface area contributed by atoms with E-state index >= 15 is 0 Å². The molecule has 2 aromatic rings. The van der Waals surface area contributed by atoms with Gasteiger partial charge in [-0.2, -0.15) is 0 Å². The first kappa shape index (κ1) is 19.5. The van der Waals surface area contributed by atoms with E-state index in [0.29, 0.717) is 23.0 Å². The zero-order chi connectivity index (χ0) is 19.4. The highest BCUT2D eigenvalue weighted by atomic mass is 79.9. The van der Waals surface area contributed by atoms with Gasteiger partial charge in [0, 0.05) is 4.47 Å². The van der Waals surface area contributed by atoms with Gasteiger partial charge in [-0.15, -0.1) is 0 Å². The molecule has 1 heterocycles. The molecule has 7 heteroatoms. The predicted octanol–water partition coefficient (Wildman–Crippen LogP) is 5.09. The number of carbonyl (C=O) groups is 2. The van der Waals surface area contributed by atoms with Gasteiger partial charge in [-0.25, -0.2) is 0 Å². The Labute approximate surface area is 170 Å². The van der Waals surface area contributed by atoms with Crippen LogP contribution in [0.4, 0.5) is 4.79 Å². The van der Waals surface area contributed by atoms with Crippen LogP contribution in [0.3, 0.4) is 0 Å². The van der Waals surface area contributed by atoms with Crippen LogP contribution in [0.1, 0.15) is 18.1 Å². The Kier molecular flexibility index (Phi) is 6.23. The number of nitrogens with zero attached hydrogens (tertiary/aromatic N) is 1. The first-order valence-corrected chi connectivity index (χ1v) is 9.94. The average molecular weight is 448 g/mol. The number of thioether (sulfide) groups is 1. The lowest BCUT2D eigenvalue weighted by molar-refractivity contribution is -0.123. The molecule has 0 bridgehead atoms. The second-order valence-electron chi connectivity index (χ2n) is 5.71. The molecule has 2 amide bonds. The number of hydrogen-bond acceptors (Lipinski definition) is 5. The zero-order valence-electron chi connectivity index (χ0n) is 14.9. The summed E-state index contributed by atoms with van der Waals surface area (Å²) >= 11 is 4.43. The average Bonchev–Trinajstić information content (AvgIpc) is 2.92. The molecule has 0 saturated carbocycles. The smallest absolute Gasteiger partial charge is 0.293 e. The van der Waals surface area contributed by atoms with Gasteiger partial charge < -0.3 is 9.47 Å². The van der Waals surface area contributed by atoms with Crippen LogP contribution in [-0.2, 0) is 11.3 Å². The van der Waals surface area contributed by atoms with Crippen molar-refractivity contribution >= 4 is 44.9 Å². The molecule has 0 aromatic heterocycles. The van der Waals surface area contributed by atoms with Crippen molar-refractivity contribution in [2.24, 2.45) is 0 Å². The Morgan fingerprint density at radius 2 is 1.89 bits per heavy atom. The Morgan fingerprint density at radius 3 is 2.56 bits per heavy atom. The van der Waals surface area contributed by atoms with Gasteiger partial charge in [-0.05, 0) is 48.0 Å². The molecule has 0 N–H and O–H groups in total. The first-order chi connectivity index (χ1) is 13.0. The third-order valence-electron chi connectivity index (χ3n) is 3.93. The maximum atomic E-state index is 12.7. The van der Waals surface area contributed by atoms with Crippen molar-refractivity contribution in [2.45, 2.75) is 13.5 Å². The van der Waals surface area contributed by atoms with Crippen LogP contribution in [0.25, 0.3) is 6.08 Å². The lowest BCUT2D eigenvalue weighted by Crippen LogP contribution is -2.27. The van der Waals surface area contributed by atoms with E-state index in [1.807, 2.05) is 37.3 Å². The zero-order valence-corrected chi connectivity index (χ0v) is 17.3. The minimum Gasteiger partial charge on any atom is -0.493 e. The van der Waals surface area contributed by atoms with Crippen LogP contribution in [-0.4, -0.2) is 29.8 Å². The van der Waals surface area contributed by atoms with E-state index in [4.69, 9.17) is 9.47 Å². The molecule has 0 unspecified atom stereocenters. The molecule has 1 aliphatic rings. The van der Waals surface area contributed by atoms with E-state index < -0.39 is 0 Å². The molecule has 1 fully saturated rings. The van der Waals surface area contributed by atoms with Gasteiger partial charge >= 0.3 is 0 Å². The van der Waals surface area contributed by atoms with Crippen LogP contribution in [0.2, 0.25) is 0 Å². The summed E-state index contributed by atoms with van der Waals surface area (Å²) in [6, 6.07) is 13.0. The fraction of sp³-hybridized carbons (Fsp3) is 0.200. The SMILES string of the molecule is CCOc1cc(Br)c(C=C2SC(=O)N(Cc3ccccc3)C2=O)cc1OC. The summed E-state index contributed by atoms with van der Waals surface area (Å²) in [6.45, 7) is 2.67. The molecule has 0 aliphatic carbocycles. The number of methoxy groups -OCH3 is 1. The summed E-state index contributed by atoms with van der Waals surface area (Å²) in [4.78, 5) is 26.6. The van der Waals surface area contributed by atoms with Gasteiger partial charge in [0.15, 0.2) is 11.5 Å². The van der Waals surface area contributed by atoms with E-state index in [-0.39, 0.29) is 17.7 Å². The lowest BCUT2D eigenvalue weighted by atomic mass is 10.1. The van der Waals surface area contributed by atoms with E-state index in [0.717, 1.165) is 27.4 Å². The van der Waals surface area contributed by atoms with Crippen LogP contribution >= 0.6 is 27.7 Å².